The topological polar surface area (TPSA) is 131 Å². The fraction of sp³-hybridized carbons (Fsp3) is 0.364. The van der Waals surface area contributed by atoms with E-state index < -0.39 is 34.3 Å². The predicted molar refractivity (Wildman–Crippen MR) is 174 cm³/mol. The van der Waals surface area contributed by atoms with Crippen LogP contribution in [0.15, 0.2) is 53.5 Å². The number of aromatic hydroxyl groups is 1. The molecule has 2 aliphatic heterocycles. The Bertz CT molecular complexity index is 2090. The smallest absolute Gasteiger partial charge is 0.416 e. The van der Waals surface area contributed by atoms with E-state index in [9.17, 15) is 32.7 Å². The van der Waals surface area contributed by atoms with Crippen molar-refractivity contribution in [2.45, 2.75) is 49.2 Å². The van der Waals surface area contributed by atoms with E-state index in [4.69, 9.17) is 27.9 Å². The fourth-order valence-corrected chi connectivity index (χ4v) is 7.82. The van der Waals surface area contributed by atoms with E-state index in [1.807, 2.05) is 6.08 Å². The number of amides is 2. The number of likely N-dealkylation sites (tertiary alicyclic amines) is 1. The van der Waals surface area contributed by atoms with Gasteiger partial charge in [-0.25, -0.2) is 4.98 Å². The monoisotopic (exact) mass is 716 g/mol. The standard InChI is InChI=1S/C33H29Cl2F3N6O5/c34-20-14-19(33(36,37)38)3-4-22(20)40-25(46)17-43-26-15-23(18-5-12-49-13-6-18)41-44(26)30(47)27-29(43)21(35)16-32(27)7-10-42(11-8-32)31(48)28-24(45)2-1-9-39-28/h1-5,9,14-15,21,45H,6-8,10-13,16-17H2,(H,40,46). The van der Waals surface area contributed by atoms with E-state index in [1.54, 1.807) is 15.5 Å². The minimum Gasteiger partial charge on any atom is -0.505 e. The molecule has 2 amide bonds. The summed E-state index contributed by atoms with van der Waals surface area (Å²) in [5.41, 5.74) is 0.450. The molecule has 3 aliphatic rings. The van der Waals surface area contributed by atoms with Gasteiger partial charge in [0.2, 0.25) is 5.91 Å². The average Bonchev–Trinajstić information content (AvgIpc) is 3.64. The molecular formula is C33H29Cl2F3N6O5. The number of rotatable bonds is 5. The van der Waals surface area contributed by atoms with Gasteiger partial charge in [-0.15, -0.1) is 11.6 Å². The maximum absolute atomic E-state index is 14.4. The molecule has 1 aromatic carbocycles. The fourth-order valence-electron chi connectivity index (χ4n) is 7.07. The highest BCUT2D eigenvalue weighted by Gasteiger charge is 2.50. The molecule has 1 atom stereocenters. The van der Waals surface area contributed by atoms with E-state index >= 15 is 0 Å². The van der Waals surface area contributed by atoms with Crippen molar-refractivity contribution >= 4 is 51.9 Å². The molecule has 4 aromatic rings. The highest BCUT2D eigenvalue weighted by molar-refractivity contribution is 6.33. The molecular weight excluding hydrogens is 688 g/mol. The van der Waals surface area contributed by atoms with Crippen molar-refractivity contribution in [2.24, 2.45) is 0 Å². The van der Waals surface area contributed by atoms with Gasteiger partial charge in [0.1, 0.15) is 17.9 Å². The van der Waals surface area contributed by atoms with E-state index in [0.717, 1.165) is 23.8 Å². The normalized spacial score (nSPS) is 18.8. The minimum atomic E-state index is -4.61. The lowest BCUT2D eigenvalue weighted by molar-refractivity contribution is -0.137. The lowest BCUT2D eigenvalue weighted by Crippen LogP contribution is -2.46. The van der Waals surface area contributed by atoms with Crippen LogP contribution in [0.2, 0.25) is 5.02 Å². The number of benzene rings is 1. The highest BCUT2D eigenvalue weighted by Crippen LogP contribution is 2.52. The van der Waals surface area contributed by atoms with Gasteiger partial charge < -0.3 is 24.6 Å². The third-order valence-electron chi connectivity index (χ3n) is 9.48. The number of piperidine rings is 1. The Morgan fingerprint density at radius 1 is 1.16 bits per heavy atom. The number of aromatic nitrogens is 4. The maximum atomic E-state index is 14.4. The molecule has 0 bridgehead atoms. The summed E-state index contributed by atoms with van der Waals surface area (Å²) < 4.78 is 47.9. The highest BCUT2D eigenvalue weighted by atomic mass is 35.5. The molecule has 2 N–H and O–H groups in total. The van der Waals surface area contributed by atoms with Crippen LogP contribution in [0.3, 0.4) is 0 Å². The minimum absolute atomic E-state index is 0.00943. The Labute approximate surface area is 286 Å². The van der Waals surface area contributed by atoms with Crippen molar-refractivity contribution in [1.29, 1.82) is 0 Å². The third-order valence-corrected chi connectivity index (χ3v) is 10.2. The second-order valence-corrected chi connectivity index (χ2v) is 13.3. The number of ether oxygens (including phenoxy) is 1. The molecule has 3 aromatic heterocycles. The molecule has 0 radical (unpaired) electrons. The number of halogens is 5. The number of pyridine rings is 1. The van der Waals surface area contributed by atoms with Crippen molar-refractivity contribution in [2.75, 3.05) is 31.6 Å². The Kier molecular flexibility index (Phi) is 8.44. The van der Waals surface area contributed by atoms with Gasteiger partial charge in [0.15, 0.2) is 5.69 Å². The summed E-state index contributed by atoms with van der Waals surface area (Å²) in [4.78, 5) is 46.7. The number of anilines is 1. The molecule has 11 nitrogen and oxygen atoms in total. The van der Waals surface area contributed by atoms with E-state index in [2.05, 4.69) is 15.4 Å². The second-order valence-electron chi connectivity index (χ2n) is 12.4. The van der Waals surface area contributed by atoms with Gasteiger partial charge in [0.25, 0.3) is 11.5 Å². The van der Waals surface area contributed by atoms with Crippen LogP contribution < -0.4 is 10.9 Å². The molecule has 1 aliphatic carbocycles. The Morgan fingerprint density at radius 3 is 2.61 bits per heavy atom. The van der Waals surface area contributed by atoms with Crippen LogP contribution in [0.4, 0.5) is 18.9 Å². The van der Waals surface area contributed by atoms with Crippen LogP contribution in [0, 0.1) is 0 Å². The zero-order valence-electron chi connectivity index (χ0n) is 25.8. The molecule has 1 saturated heterocycles. The maximum Gasteiger partial charge on any atom is 0.416 e. The first-order valence-electron chi connectivity index (χ1n) is 15.5. The van der Waals surface area contributed by atoms with Crippen LogP contribution in [-0.4, -0.2) is 67.3 Å². The number of carbonyl (C=O) groups excluding carboxylic acids is 2. The Balaban J connectivity index is 1.26. The number of nitrogens with one attached hydrogen (secondary N) is 1. The lowest BCUT2D eigenvalue weighted by Gasteiger charge is -2.39. The van der Waals surface area contributed by atoms with Crippen LogP contribution in [0.1, 0.15) is 64.1 Å². The van der Waals surface area contributed by atoms with Crippen molar-refractivity contribution in [3.63, 3.8) is 0 Å². The van der Waals surface area contributed by atoms with Crippen LogP contribution in [-0.2, 0) is 27.7 Å². The third kappa shape index (κ3) is 5.95. The summed E-state index contributed by atoms with van der Waals surface area (Å²) in [6.07, 6.45) is 0.398. The number of nitrogens with zero attached hydrogens (tertiary/aromatic N) is 5. The zero-order chi connectivity index (χ0) is 34.7. The van der Waals surface area contributed by atoms with E-state index in [1.165, 1.54) is 22.8 Å². The van der Waals surface area contributed by atoms with Gasteiger partial charge >= 0.3 is 6.18 Å². The van der Waals surface area contributed by atoms with Gasteiger partial charge in [-0.2, -0.15) is 22.8 Å². The largest absolute Gasteiger partial charge is 0.505 e. The van der Waals surface area contributed by atoms with Crippen molar-refractivity contribution < 1.29 is 32.6 Å². The van der Waals surface area contributed by atoms with Crippen LogP contribution >= 0.6 is 23.2 Å². The van der Waals surface area contributed by atoms with Gasteiger partial charge in [0, 0.05) is 42.0 Å². The first kappa shape index (κ1) is 33.1. The number of hydrogen-bond acceptors (Lipinski definition) is 7. The molecule has 0 saturated carbocycles. The van der Waals surface area contributed by atoms with E-state index in [-0.39, 0.29) is 47.3 Å². The average molecular weight is 718 g/mol. The molecule has 256 valence electrons. The molecule has 1 fully saturated rings. The number of alkyl halides is 4. The zero-order valence-corrected chi connectivity index (χ0v) is 27.3. The summed E-state index contributed by atoms with van der Waals surface area (Å²) in [7, 11) is 0. The van der Waals surface area contributed by atoms with Gasteiger partial charge in [0.05, 0.1) is 40.6 Å². The second kappa shape index (κ2) is 12.5. The molecule has 5 heterocycles. The lowest BCUT2D eigenvalue weighted by atomic mass is 9.74. The number of fused-ring (bicyclic) bond motifs is 3. The van der Waals surface area contributed by atoms with Crippen LogP contribution in [0.25, 0.3) is 11.2 Å². The number of hydrogen-bond donors (Lipinski definition) is 2. The summed E-state index contributed by atoms with van der Waals surface area (Å²) in [6, 6.07) is 7.28. The molecule has 16 heteroatoms. The first-order chi connectivity index (χ1) is 23.4. The predicted octanol–water partition coefficient (Wildman–Crippen LogP) is 5.57. The van der Waals surface area contributed by atoms with Crippen molar-refractivity contribution in [3.8, 4) is 5.75 Å². The Hall–Kier alpha value is -4.40. The van der Waals surface area contributed by atoms with Crippen LogP contribution in [0.5, 0.6) is 5.75 Å². The molecule has 1 unspecified atom stereocenters. The summed E-state index contributed by atoms with van der Waals surface area (Å²) in [6.45, 7) is 1.05. The first-order valence-corrected chi connectivity index (χ1v) is 16.4. The molecule has 49 heavy (non-hydrogen) atoms. The summed E-state index contributed by atoms with van der Waals surface area (Å²) >= 11 is 13.2. The SMILES string of the molecule is O=C(Cn1c2c(c(=O)n3nc(C4=CCOCC4)cc13)C1(CCN(C(=O)c3ncccc3O)CC1)CC2Cl)Nc1ccc(C(F)(F)F)cc1Cl. The van der Waals surface area contributed by atoms with Gasteiger partial charge in [-0.05, 0) is 61.6 Å². The quantitative estimate of drug-likeness (QED) is 0.258. The van der Waals surface area contributed by atoms with E-state index in [0.29, 0.717) is 61.5 Å². The van der Waals surface area contributed by atoms with Gasteiger partial charge in [-0.1, -0.05) is 17.7 Å². The van der Waals surface area contributed by atoms with Gasteiger partial charge in [-0.3, -0.25) is 14.4 Å². The Morgan fingerprint density at radius 2 is 1.94 bits per heavy atom. The van der Waals surface area contributed by atoms with Crippen molar-refractivity contribution in [1.82, 2.24) is 24.1 Å². The summed E-state index contributed by atoms with van der Waals surface area (Å²) in [5, 5.41) is 16.5. The molecule has 1 spiro atoms. The van der Waals surface area contributed by atoms with Crippen molar-refractivity contribution in [3.05, 3.63) is 92.3 Å². The summed E-state index contributed by atoms with van der Waals surface area (Å²) in [5.74, 6) is -1.26. The number of carbonyl (C=O) groups is 2. The molecule has 7 rings (SSSR count).